The van der Waals surface area contributed by atoms with Crippen molar-refractivity contribution in [1.82, 2.24) is 9.80 Å². The van der Waals surface area contributed by atoms with Gasteiger partial charge in [0.25, 0.3) is 0 Å². The number of thioether (sulfide) groups is 1. The molecule has 0 aromatic carbocycles. The molecule has 2 amide bonds. The number of unbranched alkanes of at least 4 members (excludes halogenated alkanes) is 1. The number of cyclic esters (lactones) is 1. The molecule has 1 unspecified atom stereocenters. The molecule has 1 N–H and O–H groups in total. The molecule has 2 saturated heterocycles. The molecule has 0 aliphatic carbocycles. The zero-order chi connectivity index (χ0) is 24.0. The summed E-state index contributed by atoms with van der Waals surface area (Å²) < 4.78 is 3.94. The van der Waals surface area contributed by atoms with Gasteiger partial charge >= 0.3 is 5.97 Å². The molecule has 0 aromatic rings. The molecule has 4 rings (SSSR count). The van der Waals surface area contributed by atoms with Crippen LogP contribution < -0.4 is 0 Å². The van der Waals surface area contributed by atoms with Crippen LogP contribution in [0.2, 0.25) is 0 Å². The van der Waals surface area contributed by atoms with Crippen LogP contribution in [0.1, 0.15) is 47.0 Å². The zero-order valence-corrected chi connectivity index (χ0v) is 20.8. The number of amides is 2. The number of nitrogens with zero attached hydrogens (tertiary/aromatic N) is 2. The number of likely N-dealkylation sites (tertiary alicyclic amines) is 1. The van der Waals surface area contributed by atoms with Gasteiger partial charge in [-0.2, -0.15) is 0 Å². The second-order valence-corrected chi connectivity index (χ2v) is 12.1. The van der Waals surface area contributed by atoms with Gasteiger partial charge in [0.2, 0.25) is 11.8 Å². The number of fused-ring (bicyclic) bond motifs is 2. The Bertz CT molecular complexity index is 873. The van der Waals surface area contributed by atoms with E-state index in [1.807, 2.05) is 50.0 Å². The molecule has 0 saturated carbocycles. The van der Waals surface area contributed by atoms with Gasteiger partial charge in [0, 0.05) is 17.8 Å². The number of ether oxygens (including phenoxy) is 1. The first-order valence-electron chi connectivity index (χ1n) is 12.1. The Labute approximate surface area is 200 Å². The van der Waals surface area contributed by atoms with Crippen molar-refractivity contribution >= 4 is 29.5 Å². The summed E-state index contributed by atoms with van der Waals surface area (Å²) in [6.45, 7) is 9.24. The third-order valence-corrected chi connectivity index (χ3v) is 9.26. The predicted molar refractivity (Wildman–Crippen MR) is 127 cm³/mol. The topological polar surface area (TPSA) is 87.2 Å². The Morgan fingerprint density at radius 3 is 2.61 bits per heavy atom. The fraction of sp³-hybridized carbons (Fsp3) is 0.720. The van der Waals surface area contributed by atoms with Crippen molar-refractivity contribution in [2.24, 2.45) is 17.8 Å². The van der Waals surface area contributed by atoms with Gasteiger partial charge in [0.15, 0.2) is 0 Å². The molecule has 2 fully saturated rings. The number of carbonyl (C=O) groups excluding carboxylic acids is 3. The number of hydrogen-bond acceptors (Lipinski definition) is 6. The molecule has 1 spiro atoms. The highest BCUT2D eigenvalue weighted by Gasteiger charge is 2.74. The molecule has 6 atom stereocenters. The van der Waals surface area contributed by atoms with Crippen molar-refractivity contribution in [2.75, 3.05) is 26.3 Å². The highest BCUT2D eigenvalue weighted by atomic mass is 32.2. The minimum absolute atomic E-state index is 0.0867. The summed E-state index contributed by atoms with van der Waals surface area (Å²) in [5, 5.41) is 10.3. The van der Waals surface area contributed by atoms with E-state index in [0.29, 0.717) is 19.5 Å². The Morgan fingerprint density at radius 2 is 1.94 bits per heavy atom. The average Bonchev–Trinajstić information content (AvgIpc) is 3.03. The maximum atomic E-state index is 14.1. The number of carbonyl (C=O) groups is 3. The Balaban J connectivity index is 1.86. The van der Waals surface area contributed by atoms with Gasteiger partial charge in [-0.25, -0.2) is 0 Å². The zero-order valence-electron chi connectivity index (χ0n) is 20.0. The largest absolute Gasteiger partial charge is 0.461 e. The monoisotopic (exact) mass is 476 g/mol. The number of aliphatic hydroxyl groups is 1. The van der Waals surface area contributed by atoms with Crippen molar-refractivity contribution in [3.05, 3.63) is 24.3 Å². The van der Waals surface area contributed by atoms with Crippen LogP contribution in [0.5, 0.6) is 0 Å². The molecule has 7 nitrogen and oxygen atoms in total. The van der Waals surface area contributed by atoms with E-state index in [1.54, 1.807) is 16.7 Å². The first-order valence-corrected chi connectivity index (χ1v) is 13.0. The van der Waals surface area contributed by atoms with Crippen molar-refractivity contribution in [1.29, 1.82) is 0 Å². The van der Waals surface area contributed by atoms with E-state index < -0.39 is 33.4 Å². The summed E-state index contributed by atoms with van der Waals surface area (Å²) in [7, 11) is 0. The summed E-state index contributed by atoms with van der Waals surface area (Å²) in [6.07, 6.45) is 10.3. The Morgan fingerprint density at radius 1 is 1.18 bits per heavy atom. The van der Waals surface area contributed by atoms with Gasteiger partial charge in [0.05, 0.1) is 29.2 Å². The standard InChI is InChI=1S/C25H36N2O5S/c1-5-6-11-26-12-7-10-25-18(19-23(31)32-13-8-9-24(19,4)33-25)21(29)27(20(25)22(26)30)17(15-28)14-16(2)3/h7-10,16-20,28H,5-6,11-15H2,1-4H3/t17-,18+,19+,20?,24-,25+/m1/s1. The quantitative estimate of drug-likeness (QED) is 0.449. The molecule has 0 bridgehead atoms. The van der Waals surface area contributed by atoms with Crippen LogP contribution in [0, 0.1) is 17.8 Å². The van der Waals surface area contributed by atoms with Gasteiger partial charge in [-0.1, -0.05) is 45.4 Å². The maximum absolute atomic E-state index is 14.1. The summed E-state index contributed by atoms with van der Waals surface area (Å²) in [6, 6.07) is -1.23. The minimum atomic E-state index is -0.875. The molecule has 0 aromatic heterocycles. The van der Waals surface area contributed by atoms with Crippen LogP contribution in [0.4, 0.5) is 0 Å². The van der Waals surface area contributed by atoms with Gasteiger partial charge in [-0.05, 0) is 31.8 Å². The van der Waals surface area contributed by atoms with Gasteiger partial charge in [-0.3, -0.25) is 14.4 Å². The fourth-order valence-corrected chi connectivity index (χ4v) is 8.24. The molecule has 0 radical (unpaired) electrons. The summed E-state index contributed by atoms with van der Waals surface area (Å²) in [5.41, 5.74) is 0. The first-order chi connectivity index (χ1) is 15.7. The normalized spacial score (nSPS) is 36.4. The summed E-state index contributed by atoms with van der Waals surface area (Å²) in [4.78, 5) is 44.8. The molecule has 8 heteroatoms. The number of hydrogen-bond donors (Lipinski definition) is 1. The predicted octanol–water partition coefficient (Wildman–Crippen LogP) is 2.39. The van der Waals surface area contributed by atoms with E-state index in [9.17, 15) is 19.5 Å². The highest BCUT2D eigenvalue weighted by molar-refractivity contribution is 8.02. The second-order valence-electron chi connectivity index (χ2n) is 10.3. The van der Waals surface area contributed by atoms with E-state index in [-0.39, 0.29) is 36.9 Å². The van der Waals surface area contributed by atoms with Crippen LogP contribution in [-0.2, 0) is 19.1 Å². The van der Waals surface area contributed by atoms with Crippen molar-refractivity contribution in [3.63, 3.8) is 0 Å². The van der Waals surface area contributed by atoms with Crippen LogP contribution in [-0.4, -0.2) is 80.6 Å². The van der Waals surface area contributed by atoms with Crippen LogP contribution >= 0.6 is 11.8 Å². The average molecular weight is 477 g/mol. The molecular weight excluding hydrogens is 440 g/mol. The third-order valence-electron chi connectivity index (χ3n) is 7.46. The van der Waals surface area contributed by atoms with E-state index in [1.165, 1.54) is 0 Å². The Kier molecular flexibility index (Phi) is 6.71. The number of rotatable bonds is 7. The van der Waals surface area contributed by atoms with E-state index in [4.69, 9.17) is 4.74 Å². The first kappa shape index (κ1) is 24.3. The van der Waals surface area contributed by atoms with Gasteiger partial charge < -0.3 is 19.6 Å². The lowest BCUT2D eigenvalue weighted by atomic mass is 9.75. The van der Waals surface area contributed by atoms with Crippen LogP contribution in [0.3, 0.4) is 0 Å². The van der Waals surface area contributed by atoms with Crippen molar-refractivity contribution < 1.29 is 24.2 Å². The van der Waals surface area contributed by atoms with Gasteiger partial charge in [-0.15, -0.1) is 11.8 Å². The molecular formula is C25H36N2O5S. The van der Waals surface area contributed by atoms with Crippen molar-refractivity contribution in [2.45, 2.75) is 68.5 Å². The van der Waals surface area contributed by atoms with E-state index in [2.05, 4.69) is 6.92 Å². The lowest BCUT2D eigenvalue weighted by Crippen LogP contribution is -2.57. The fourth-order valence-electron chi connectivity index (χ4n) is 6.11. The smallest absolute Gasteiger partial charge is 0.311 e. The van der Waals surface area contributed by atoms with Crippen molar-refractivity contribution in [3.8, 4) is 0 Å². The molecule has 4 heterocycles. The second kappa shape index (κ2) is 9.10. The highest BCUT2D eigenvalue weighted by Crippen LogP contribution is 2.65. The lowest BCUT2D eigenvalue weighted by Gasteiger charge is -2.40. The Hall–Kier alpha value is -1.80. The van der Waals surface area contributed by atoms with Gasteiger partial charge in [0.1, 0.15) is 12.6 Å². The molecule has 182 valence electrons. The molecule has 4 aliphatic rings. The number of aliphatic hydroxyl groups excluding tert-OH is 1. The lowest BCUT2D eigenvalue weighted by molar-refractivity contribution is -0.153. The van der Waals surface area contributed by atoms with E-state index in [0.717, 1.165) is 12.8 Å². The van der Waals surface area contributed by atoms with E-state index >= 15 is 0 Å². The maximum Gasteiger partial charge on any atom is 0.311 e. The molecule has 4 aliphatic heterocycles. The SMILES string of the molecule is CCCCN1CC=C[C@]23S[C@]4(C)C=CCOC(=O)[C@@H]4[C@H]2C(=O)N([C@@H](CO)CC(C)C)C3C1=O. The van der Waals surface area contributed by atoms with Crippen LogP contribution in [0.25, 0.3) is 0 Å². The summed E-state index contributed by atoms with van der Waals surface area (Å²) in [5.74, 6) is -1.84. The third kappa shape index (κ3) is 3.83. The number of esters is 1. The van der Waals surface area contributed by atoms with Crippen LogP contribution in [0.15, 0.2) is 24.3 Å². The summed E-state index contributed by atoms with van der Waals surface area (Å²) >= 11 is 1.55. The minimum Gasteiger partial charge on any atom is -0.461 e. The molecule has 33 heavy (non-hydrogen) atoms.